The van der Waals surface area contributed by atoms with Gasteiger partial charge in [0.2, 0.25) is 0 Å². The van der Waals surface area contributed by atoms with E-state index in [1.165, 1.54) is 6.08 Å². The molecule has 8 nitrogen and oxygen atoms in total. The normalized spacial score (nSPS) is 14.9. The van der Waals surface area contributed by atoms with E-state index in [1.807, 2.05) is 50.5 Å². The number of carbonyl (C=O) groups excluding carboxylic acids is 4. The summed E-state index contributed by atoms with van der Waals surface area (Å²) >= 11 is 0. The van der Waals surface area contributed by atoms with Gasteiger partial charge in [0, 0.05) is 17.1 Å². The van der Waals surface area contributed by atoms with Gasteiger partial charge >= 0.3 is 12.0 Å². The molecule has 0 unspecified atom stereocenters. The molecule has 2 heterocycles. The molecule has 1 aromatic heterocycles. The first-order valence-corrected chi connectivity index (χ1v) is 11.6. The van der Waals surface area contributed by atoms with Crippen molar-refractivity contribution in [3.05, 3.63) is 87.7 Å². The number of imide groups is 2. The van der Waals surface area contributed by atoms with Crippen molar-refractivity contribution in [2.24, 2.45) is 0 Å². The van der Waals surface area contributed by atoms with Crippen molar-refractivity contribution in [2.45, 2.75) is 34.6 Å². The van der Waals surface area contributed by atoms with Crippen molar-refractivity contribution >= 4 is 35.6 Å². The maximum absolute atomic E-state index is 13.3. The van der Waals surface area contributed by atoms with Crippen LogP contribution in [0.15, 0.2) is 54.1 Å². The highest BCUT2D eigenvalue weighted by molar-refractivity contribution is 6.39. The Hall–Kier alpha value is -4.46. The summed E-state index contributed by atoms with van der Waals surface area (Å²) in [6, 6.07) is 13.5. The summed E-state index contributed by atoms with van der Waals surface area (Å²) < 4.78 is 7.03. The molecule has 4 amide bonds. The van der Waals surface area contributed by atoms with E-state index in [-0.39, 0.29) is 12.2 Å². The fourth-order valence-corrected chi connectivity index (χ4v) is 4.44. The summed E-state index contributed by atoms with van der Waals surface area (Å²) in [7, 11) is 0. The Balaban J connectivity index is 1.75. The van der Waals surface area contributed by atoms with Crippen LogP contribution in [0.4, 0.5) is 10.5 Å². The number of nitrogens with zero attached hydrogens (tertiary/aromatic N) is 2. The van der Waals surface area contributed by atoms with Crippen LogP contribution in [0.1, 0.15) is 45.4 Å². The largest absolute Gasteiger partial charge is 0.462 e. The van der Waals surface area contributed by atoms with Gasteiger partial charge in [-0.05, 0) is 93.8 Å². The summed E-state index contributed by atoms with van der Waals surface area (Å²) in [4.78, 5) is 51.8. The molecule has 3 aromatic rings. The second-order valence-electron chi connectivity index (χ2n) is 8.74. The van der Waals surface area contributed by atoms with Gasteiger partial charge in [0.25, 0.3) is 11.8 Å². The molecular weight excluding hydrogens is 458 g/mol. The Morgan fingerprint density at radius 1 is 0.944 bits per heavy atom. The lowest BCUT2D eigenvalue weighted by atomic mass is 10.1. The van der Waals surface area contributed by atoms with Crippen LogP contribution in [-0.4, -0.2) is 35.0 Å². The number of anilines is 1. The molecule has 4 rings (SSSR count). The van der Waals surface area contributed by atoms with Crippen LogP contribution in [0.2, 0.25) is 0 Å². The Morgan fingerprint density at radius 3 is 2.31 bits per heavy atom. The van der Waals surface area contributed by atoms with Crippen LogP contribution in [0.3, 0.4) is 0 Å². The number of hydrogen-bond acceptors (Lipinski definition) is 5. The van der Waals surface area contributed by atoms with E-state index < -0.39 is 23.8 Å². The average Bonchev–Trinajstić information content (AvgIpc) is 3.08. The number of aromatic nitrogens is 1. The maximum atomic E-state index is 13.3. The molecule has 1 fully saturated rings. The molecule has 36 heavy (non-hydrogen) atoms. The van der Waals surface area contributed by atoms with Crippen molar-refractivity contribution in [1.82, 2.24) is 9.88 Å². The zero-order valence-electron chi connectivity index (χ0n) is 20.8. The third kappa shape index (κ3) is 4.57. The lowest BCUT2D eigenvalue weighted by Gasteiger charge is -2.27. The minimum atomic E-state index is -0.784. The van der Waals surface area contributed by atoms with Crippen LogP contribution >= 0.6 is 0 Å². The molecule has 0 spiro atoms. The predicted octanol–water partition coefficient (Wildman–Crippen LogP) is 4.55. The number of nitrogens with one attached hydrogen (secondary N) is 1. The third-order valence-corrected chi connectivity index (χ3v) is 5.95. The van der Waals surface area contributed by atoms with E-state index >= 15 is 0 Å². The molecule has 0 bridgehead atoms. The first-order valence-electron chi connectivity index (χ1n) is 11.6. The lowest BCUT2D eigenvalue weighted by Crippen LogP contribution is -2.54. The molecule has 8 heteroatoms. The fraction of sp³-hybridized carbons (Fsp3) is 0.214. The molecular formula is C28H27N3O5. The Morgan fingerprint density at radius 2 is 1.64 bits per heavy atom. The molecule has 0 aliphatic carbocycles. The van der Waals surface area contributed by atoms with E-state index in [0.29, 0.717) is 16.8 Å². The number of urea groups is 1. The second-order valence-corrected chi connectivity index (χ2v) is 8.74. The van der Waals surface area contributed by atoms with Crippen LogP contribution in [0, 0.1) is 27.7 Å². The summed E-state index contributed by atoms with van der Waals surface area (Å²) in [5.41, 5.74) is 5.44. The van der Waals surface area contributed by atoms with Gasteiger partial charge in [-0.3, -0.25) is 14.9 Å². The number of hydrogen-bond donors (Lipinski definition) is 1. The highest BCUT2D eigenvalue weighted by atomic mass is 16.5. The summed E-state index contributed by atoms with van der Waals surface area (Å²) in [5.74, 6) is -1.85. The van der Waals surface area contributed by atoms with E-state index in [4.69, 9.17) is 4.74 Å². The van der Waals surface area contributed by atoms with Gasteiger partial charge in [0.05, 0.1) is 17.9 Å². The van der Waals surface area contributed by atoms with Gasteiger partial charge in [0.15, 0.2) is 0 Å². The van der Waals surface area contributed by atoms with Crippen LogP contribution < -0.4 is 10.2 Å². The fourth-order valence-electron chi connectivity index (χ4n) is 4.44. The van der Waals surface area contributed by atoms with Crippen LogP contribution in [0.5, 0.6) is 0 Å². The minimum absolute atomic E-state index is 0.144. The van der Waals surface area contributed by atoms with E-state index in [2.05, 4.69) is 5.32 Å². The van der Waals surface area contributed by atoms with Crippen molar-refractivity contribution < 1.29 is 23.9 Å². The van der Waals surface area contributed by atoms with Crippen molar-refractivity contribution in [2.75, 3.05) is 11.5 Å². The average molecular weight is 486 g/mol. The zero-order chi connectivity index (χ0) is 26.1. The molecule has 0 radical (unpaired) electrons. The number of aryl methyl sites for hydroxylation is 3. The highest BCUT2D eigenvalue weighted by Crippen LogP contribution is 2.27. The molecule has 1 aliphatic rings. The number of carbonyl (C=O) groups is 4. The second kappa shape index (κ2) is 9.65. The number of esters is 1. The highest BCUT2D eigenvalue weighted by Gasteiger charge is 2.37. The molecule has 2 aromatic carbocycles. The molecule has 0 atom stereocenters. The maximum Gasteiger partial charge on any atom is 0.338 e. The van der Waals surface area contributed by atoms with Crippen molar-refractivity contribution in [3.8, 4) is 5.69 Å². The van der Waals surface area contributed by atoms with E-state index in [1.54, 1.807) is 37.3 Å². The zero-order valence-corrected chi connectivity index (χ0v) is 20.8. The number of amides is 4. The van der Waals surface area contributed by atoms with Gasteiger partial charge in [-0.2, -0.15) is 0 Å². The van der Waals surface area contributed by atoms with Crippen LogP contribution in [-0.2, 0) is 14.3 Å². The van der Waals surface area contributed by atoms with E-state index in [9.17, 15) is 19.2 Å². The summed E-state index contributed by atoms with van der Waals surface area (Å²) in [6.07, 6.45) is 1.49. The van der Waals surface area contributed by atoms with Crippen molar-refractivity contribution in [3.63, 3.8) is 0 Å². The van der Waals surface area contributed by atoms with Crippen LogP contribution in [0.25, 0.3) is 11.8 Å². The van der Waals surface area contributed by atoms with Gasteiger partial charge in [-0.25, -0.2) is 14.5 Å². The van der Waals surface area contributed by atoms with Gasteiger partial charge in [0.1, 0.15) is 5.57 Å². The Kier molecular flexibility index (Phi) is 6.61. The molecule has 184 valence electrons. The third-order valence-electron chi connectivity index (χ3n) is 5.95. The smallest absolute Gasteiger partial charge is 0.338 e. The molecule has 1 saturated heterocycles. The van der Waals surface area contributed by atoms with Crippen molar-refractivity contribution in [1.29, 1.82) is 0 Å². The first kappa shape index (κ1) is 24.7. The minimum Gasteiger partial charge on any atom is -0.462 e. The number of barbiturate groups is 1. The predicted molar refractivity (Wildman–Crippen MR) is 136 cm³/mol. The SMILES string of the molecule is CCOC(=O)c1cccc(-n2c(C)cc(/C=C3\C(=O)NC(=O)N(c4cc(C)cc(C)c4)C3=O)c2C)c1. The quantitative estimate of drug-likeness (QED) is 0.325. The van der Waals surface area contributed by atoms with Gasteiger partial charge in [-0.1, -0.05) is 12.1 Å². The standard InChI is InChI=1S/C28H27N3O5/c1-6-36-27(34)20-8-7-9-22(14-20)30-18(4)13-21(19(30)5)15-24-25(32)29-28(35)31(26(24)33)23-11-16(2)10-17(3)12-23/h7-15H,6H2,1-5H3,(H,29,32,35)/b24-15+. The summed E-state index contributed by atoms with van der Waals surface area (Å²) in [6.45, 7) is 9.51. The number of ether oxygens (including phenoxy) is 1. The molecule has 1 aliphatic heterocycles. The topological polar surface area (TPSA) is 97.7 Å². The monoisotopic (exact) mass is 485 g/mol. The summed E-state index contributed by atoms with van der Waals surface area (Å²) in [5, 5.41) is 2.27. The van der Waals surface area contributed by atoms with Gasteiger partial charge in [-0.15, -0.1) is 0 Å². The lowest BCUT2D eigenvalue weighted by molar-refractivity contribution is -0.122. The number of rotatable bonds is 5. The Labute approximate surface area is 209 Å². The number of benzene rings is 2. The molecule has 1 N–H and O–H groups in total. The Bertz CT molecular complexity index is 1430. The van der Waals surface area contributed by atoms with Gasteiger partial charge < -0.3 is 9.30 Å². The van der Waals surface area contributed by atoms with E-state index in [0.717, 1.165) is 33.1 Å². The first-order chi connectivity index (χ1) is 17.1. The molecule has 0 saturated carbocycles.